The van der Waals surface area contributed by atoms with Gasteiger partial charge in [-0.1, -0.05) is 0 Å². The third-order valence-electron chi connectivity index (χ3n) is 7.87. The van der Waals surface area contributed by atoms with Gasteiger partial charge in [0.15, 0.2) is 30.1 Å². The average Bonchev–Trinajstić information content (AvgIpc) is 3.13. The Labute approximate surface area is 229 Å². The van der Waals surface area contributed by atoms with Gasteiger partial charge in [-0.25, -0.2) is 9.98 Å². The highest BCUT2D eigenvalue weighted by Crippen LogP contribution is 2.39. The molecule has 15 atom stereocenters. The number of hydrogen-bond donors (Lipinski definition) is 12. The Kier molecular flexibility index (Phi) is 10.3. The lowest BCUT2D eigenvalue weighted by atomic mass is 9.79. The summed E-state index contributed by atoms with van der Waals surface area (Å²) in [6.07, 6.45) is -14.7. The molecule has 2 aliphatic carbocycles. The highest BCUT2D eigenvalue weighted by Gasteiger charge is 2.60. The summed E-state index contributed by atoms with van der Waals surface area (Å²) in [5.74, 6) is -1.79. The maximum absolute atomic E-state index is 12.1. The van der Waals surface area contributed by atoms with E-state index in [0.29, 0.717) is 0 Å². The quantitative estimate of drug-likeness (QED) is 0.0685. The molecule has 0 radical (unpaired) electrons. The fourth-order valence-electron chi connectivity index (χ4n) is 5.59. The molecule has 16 N–H and O–H groups in total. The number of nitrogens with one attached hydrogen (secondary N) is 1. The van der Waals surface area contributed by atoms with E-state index in [1.165, 1.54) is 14.0 Å². The van der Waals surface area contributed by atoms with Crippen LogP contribution in [0.5, 0.6) is 0 Å². The van der Waals surface area contributed by atoms with E-state index in [1.54, 1.807) is 0 Å². The zero-order valence-corrected chi connectivity index (χ0v) is 22.0. The van der Waals surface area contributed by atoms with Gasteiger partial charge < -0.3 is 78.2 Å². The molecule has 1 heterocycles. The van der Waals surface area contributed by atoms with Gasteiger partial charge >= 0.3 is 0 Å². The lowest BCUT2D eigenvalue weighted by Gasteiger charge is -2.45. The van der Waals surface area contributed by atoms with Crippen molar-refractivity contribution >= 4 is 18.2 Å². The molecule has 6 unspecified atom stereocenters. The van der Waals surface area contributed by atoms with Gasteiger partial charge in [-0.15, -0.1) is 0 Å². The van der Waals surface area contributed by atoms with E-state index in [1.807, 2.05) is 0 Å². The summed E-state index contributed by atoms with van der Waals surface area (Å²) in [6, 6.07) is -3.81. The largest absolute Gasteiger partial charge is 0.396 e. The topological polar surface area (TPSA) is 327 Å². The first-order valence-corrected chi connectivity index (χ1v) is 12.7. The van der Waals surface area contributed by atoms with Gasteiger partial charge in [-0.2, -0.15) is 0 Å². The van der Waals surface area contributed by atoms with Crippen LogP contribution in [0.4, 0.5) is 0 Å². The second kappa shape index (κ2) is 12.7. The van der Waals surface area contributed by atoms with E-state index < -0.39 is 109 Å². The van der Waals surface area contributed by atoms with Gasteiger partial charge in [-0.3, -0.25) is 4.79 Å². The number of nitrogens with two attached hydrogens (primary N) is 4. The fourth-order valence-corrected chi connectivity index (χ4v) is 5.59. The predicted octanol–water partition coefficient (Wildman–Crippen LogP) is -7.50. The number of guanidine groups is 2. The lowest BCUT2D eigenvalue weighted by Crippen LogP contribution is -2.65. The van der Waals surface area contributed by atoms with Crippen molar-refractivity contribution in [2.45, 2.75) is 98.3 Å². The number of carbonyl (C=O) groups is 1. The van der Waals surface area contributed by atoms with E-state index in [9.17, 15) is 40.5 Å². The van der Waals surface area contributed by atoms with Crippen molar-refractivity contribution in [2.24, 2.45) is 38.8 Å². The molecule has 0 amide bonds. The number of hydrogen-bond acceptors (Lipinski definition) is 14. The number of nitrogens with zero attached hydrogens (tertiary/aromatic N) is 2. The first-order chi connectivity index (χ1) is 18.7. The second-order valence-electron chi connectivity index (χ2n) is 10.4. The summed E-state index contributed by atoms with van der Waals surface area (Å²) >= 11 is 0. The van der Waals surface area contributed by atoms with Gasteiger partial charge in [0, 0.05) is 12.5 Å². The van der Waals surface area contributed by atoms with Crippen LogP contribution < -0.4 is 28.3 Å². The Morgan fingerprint density at radius 2 is 1.57 bits per heavy atom. The van der Waals surface area contributed by atoms with Crippen molar-refractivity contribution in [2.75, 3.05) is 13.7 Å². The van der Waals surface area contributed by atoms with Crippen LogP contribution in [-0.4, -0.2) is 153 Å². The fraction of sp³-hybridized carbons (Fsp3) is 0.864. The van der Waals surface area contributed by atoms with Crippen molar-refractivity contribution in [1.29, 1.82) is 0 Å². The van der Waals surface area contributed by atoms with E-state index in [4.69, 9.17) is 37.1 Å². The van der Waals surface area contributed by atoms with Crippen molar-refractivity contribution in [3.05, 3.63) is 0 Å². The maximum Gasteiger partial charge on any atom is 0.188 e. The normalized spacial score (nSPS) is 47.4. The molecule has 0 bridgehead atoms. The third kappa shape index (κ3) is 6.02. The molecule has 1 aliphatic heterocycles. The van der Waals surface area contributed by atoms with Crippen LogP contribution in [0.1, 0.15) is 13.3 Å². The summed E-state index contributed by atoms with van der Waals surface area (Å²) in [5.41, 5.74) is 19.5. The zero-order valence-electron chi connectivity index (χ0n) is 22.0. The first kappa shape index (κ1) is 32.3. The first-order valence-electron chi connectivity index (χ1n) is 12.7. The molecule has 3 fully saturated rings. The Hall–Kier alpha value is -2.23. The van der Waals surface area contributed by atoms with E-state index >= 15 is 0 Å². The Balaban J connectivity index is 1.96. The van der Waals surface area contributed by atoms with Crippen LogP contribution in [0.15, 0.2) is 9.98 Å². The minimum Gasteiger partial charge on any atom is -0.396 e. The van der Waals surface area contributed by atoms with E-state index in [0.717, 1.165) is 0 Å². The van der Waals surface area contributed by atoms with E-state index in [2.05, 4.69) is 15.3 Å². The van der Waals surface area contributed by atoms with Gasteiger partial charge in [0.1, 0.15) is 42.6 Å². The number of aliphatic hydroxyl groups is 7. The van der Waals surface area contributed by atoms with Crippen LogP contribution in [0, 0.1) is 5.92 Å². The summed E-state index contributed by atoms with van der Waals surface area (Å²) in [6.45, 7) is 0.883. The molecule has 0 aromatic carbocycles. The minimum absolute atomic E-state index is 0.00702. The van der Waals surface area contributed by atoms with Gasteiger partial charge in [0.25, 0.3) is 0 Å². The number of aliphatic imine (C=N–C) groups is 2. The maximum atomic E-state index is 12.1. The van der Waals surface area contributed by atoms with Crippen LogP contribution >= 0.6 is 0 Å². The van der Waals surface area contributed by atoms with Gasteiger partial charge in [-0.05, 0) is 20.4 Å². The Bertz CT molecular complexity index is 939. The monoisotopic (exact) mass is 579 g/mol. The molecular weight excluding hydrogens is 538 g/mol. The molecule has 18 heteroatoms. The van der Waals surface area contributed by atoms with Crippen molar-refractivity contribution < 1.29 is 54.8 Å². The molecule has 18 nitrogen and oxygen atoms in total. The zero-order chi connectivity index (χ0) is 30.1. The molecule has 0 spiro atoms. The van der Waals surface area contributed by atoms with Crippen LogP contribution in [0.25, 0.3) is 0 Å². The molecule has 3 aliphatic rings. The summed E-state index contributed by atoms with van der Waals surface area (Å²) in [7, 11) is 1.50. The highest BCUT2D eigenvalue weighted by molar-refractivity contribution is 5.76. The number of aldehydes is 1. The average molecular weight is 580 g/mol. The van der Waals surface area contributed by atoms with Crippen molar-refractivity contribution in [3.8, 4) is 0 Å². The number of rotatable bonds is 9. The number of likely N-dealkylation sites (N-methyl/N-ethyl adjacent to an activating group) is 1. The van der Waals surface area contributed by atoms with E-state index in [-0.39, 0.29) is 12.7 Å². The minimum atomic E-state index is -2.30. The second-order valence-corrected chi connectivity index (χ2v) is 10.4. The highest BCUT2D eigenvalue weighted by atomic mass is 16.7. The predicted molar refractivity (Wildman–Crippen MR) is 136 cm³/mol. The molecule has 2 saturated carbocycles. The van der Waals surface area contributed by atoms with Crippen molar-refractivity contribution in [1.82, 2.24) is 5.32 Å². The summed E-state index contributed by atoms with van der Waals surface area (Å²) < 4.78 is 17.7. The number of ether oxygens (including phenoxy) is 3. The number of aliphatic hydroxyl groups excluding tert-OH is 6. The third-order valence-corrected chi connectivity index (χ3v) is 7.87. The molecule has 3 rings (SSSR count). The van der Waals surface area contributed by atoms with Crippen LogP contribution in [0.3, 0.4) is 0 Å². The van der Waals surface area contributed by atoms with Crippen LogP contribution in [-0.2, 0) is 19.0 Å². The summed E-state index contributed by atoms with van der Waals surface area (Å²) in [5, 5.41) is 77.2. The molecule has 1 saturated heterocycles. The summed E-state index contributed by atoms with van der Waals surface area (Å²) in [4.78, 5) is 19.8. The molecule has 0 aromatic heterocycles. The van der Waals surface area contributed by atoms with Gasteiger partial charge in [0.2, 0.25) is 0 Å². The SMILES string of the molecule is CNC1[C@@H](O)[C@@H](O)C(CO)C[C@H]1OC1[C@H](O[C@@H]2C(O)[C@H](O)C(N=C(N)N)C(O)[C@@H]2N=C(N)N)O[C@H](C)[C@@]1(O)C=O. The van der Waals surface area contributed by atoms with Gasteiger partial charge in [0.05, 0.1) is 30.5 Å². The Morgan fingerprint density at radius 1 is 0.975 bits per heavy atom. The molecule has 40 heavy (non-hydrogen) atoms. The standard InChI is InChI=1S/C22H41N7O11/c1-6-22(37,5-31)18(39-8-3-7(4-30)12(32)14(34)9(8)27-2)19(38-6)40-17-11(29-21(25)26)13(33)10(28-20(23)24)15(35)16(17)36/h5-19,27,30,32-37H,3-4H2,1-2H3,(H4,23,24,28)(H4,25,26,29)/t6-,7?,8-,9?,10?,11+,12+,13?,14-,15-,16?,17+,18?,19+,22+/m1/s1. The Morgan fingerprint density at radius 3 is 2.10 bits per heavy atom. The lowest BCUT2D eigenvalue weighted by molar-refractivity contribution is -0.258. The van der Waals surface area contributed by atoms with Crippen LogP contribution in [0.2, 0.25) is 0 Å². The molecular formula is C22H41N7O11. The molecule has 0 aromatic rings. The van der Waals surface area contributed by atoms with Crippen molar-refractivity contribution in [3.63, 3.8) is 0 Å². The molecule has 230 valence electrons. The number of carbonyl (C=O) groups excluding carboxylic acids is 1. The smallest absolute Gasteiger partial charge is 0.188 e.